The third kappa shape index (κ3) is 2.54. The molecule has 0 bridgehead atoms. The van der Waals surface area contributed by atoms with Gasteiger partial charge in [-0.25, -0.2) is 9.97 Å². The standard InChI is InChI=1S/C8H10N2O2.Li/c1-8(2,7(11)12)6-3-9-5-10-4-6;/h3-5H,1-2H3,(H,11,12);/q;+1/p-1. The number of nitrogens with zero attached hydrogens (tertiary/aromatic N) is 2. The van der Waals surface area contributed by atoms with E-state index in [4.69, 9.17) is 0 Å². The number of hydrogen-bond donors (Lipinski definition) is 0. The Morgan fingerprint density at radius 3 is 2.23 bits per heavy atom. The molecule has 0 radical (unpaired) electrons. The largest absolute Gasteiger partial charge is 1.00 e. The van der Waals surface area contributed by atoms with Crippen LogP contribution in [0.4, 0.5) is 0 Å². The fourth-order valence-corrected chi connectivity index (χ4v) is 0.740. The molecule has 0 amide bonds. The van der Waals surface area contributed by atoms with Gasteiger partial charge in [0, 0.05) is 23.4 Å². The van der Waals surface area contributed by atoms with Crippen LogP contribution in [-0.4, -0.2) is 15.9 Å². The monoisotopic (exact) mass is 172 g/mol. The van der Waals surface area contributed by atoms with Crippen molar-refractivity contribution in [1.29, 1.82) is 0 Å². The molecule has 0 fully saturated rings. The van der Waals surface area contributed by atoms with E-state index in [1.807, 2.05) is 0 Å². The molecular formula is C8H9LiN2O2. The van der Waals surface area contributed by atoms with Gasteiger partial charge >= 0.3 is 18.9 Å². The third-order valence-electron chi connectivity index (χ3n) is 1.79. The maximum atomic E-state index is 10.7. The summed E-state index contributed by atoms with van der Waals surface area (Å²) in [5, 5.41) is 10.7. The first-order valence-electron chi connectivity index (χ1n) is 3.52. The first kappa shape index (κ1) is 12.1. The smallest absolute Gasteiger partial charge is 0.549 e. The van der Waals surface area contributed by atoms with Crippen LogP contribution in [-0.2, 0) is 10.2 Å². The van der Waals surface area contributed by atoms with Crippen molar-refractivity contribution in [2.45, 2.75) is 19.3 Å². The normalized spacial score (nSPS) is 10.3. The average molecular weight is 172 g/mol. The van der Waals surface area contributed by atoms with Crippen molar-refractivity contribution in [2.75, 3.05) is 0 Å². The predicted octanol–water partition coefficient (Wildman–Crippen LogP) is -3.49. The van der Waals surface area contributed by atoms with Crippen LogP contribution in [0.3, 0.4) is 0 Å². The molecule has 1 aromatic heterocycles. The predicted molar refractivity (Wildman–Crippen MR) is 40.1 cm³/mol. The molecule has 0 spiro atoms. The first-order chi connectivity index (χ1) is 5.55. The van der Waals surface area contributed by atoms with Gasteiger partial charge in [0.05, 0.1) is 5.97 Å². The Hall–Kier alpha value is -0.853. The number of carbonyl (C=O) groups is 1. The number of rotatable bonds is 2. The number of aliphatic carboxylic acids is 1. The molecule has 1 aromatic rings. The summed E-state index contributed by atoms with van der Waals surface area (Å²) >= 11 is 0. The summed E-state index contributed by atoms with van der Waals surface area (Å²) in [5.41, 5.74) is -0.480. The van der Waals surface area contributed by atoms with Gasteiger partial charge in [-0.1, -0.05) is 13.8 Å². The van der Waals surface area contributed by atoms with E-state index in [0.717, 1.165) is 0 Å². The fraction of sp³-hybridized carbons (Fsp3) is 0.375. The van der Waals surface area contributed by atoms with E-state index in [1.54, 1.807) is 13.8 Å². The van der Waals surface area contributed by atoms with Crippen LogP contribution in [0.5, 0.6) is 0 Å². The van der Waals surface area contributed by atoms with Crippen molar-refractivity contribution in [3.63, 3.8) is 0 Å². The van der Waals surface area contributed by atoms with Crippen LogP contribution in [0.15, 0.2) is 18.7 Å². The second-order valence-corrected chi connectivity index (χ2v) is 3.04. The Kier molecular flexibility index (Phi) is 4.11. The van der Waals surface area contributed by atoms with Crippen LogP contribution >= 0.6 is 0 Å². The Morgan fingerprint density at radius 2 is 1.85 bits per heavy atom. The number of hydrogen-bond acceptors (Lipinski definition) is 4. The van der Waals surface area contributed by atoms with Crippen molar-refractivity contribution < 1.29 is 28.8 Å². The summed E-state index contributed by atoms with van der Waals surface area (Å²) in [4.78, 5) is 18.1. The Balaban J connectivity index is 0.00000144. The van der Waals surface area contributed by atoms with Crippen molar-refractivity contribution in [1.82, 2.24) is 9.97 Å². The Morgan fingerprint density at radius 1 is 1.38 bits per heavy atom. The number of aromatic nitrogens is 2. The summed E-state index contributed by atoms with van der Waals surface area (Å²) in [6.07, 6.45) is 4.31. The molecule has 0 aliphatic carbocycles. The van der Waals surface area contributed by atoms with Crippen LogP contribution in [0.25, 0.3) is 0 Å². The zero-order valence-corrected chi connectivity index (χ0v) is 7.94. The average Bonchev–Trinajstić information content (AvgIpc) is 2.06. The van der Waals surface area contributed by atoms with Gasteiger partial charge in [-0.3, -0.25) is 0 Å². The number of carboxylic acid groups (broad SMARTS) is 1. The van der Waals surface area contributed by atoms with Crippen molar-refractivity contribution in [3.05, 3.63) is 24.3 Å². The number of carbonyl (C=O) groups excluding carboxylic acids is 1. The maximum absolute atomic E-state index is 10.7. The second-order valence-electron chi connectivity index (χ2n) is 3.04. The van der Waals surface area contributed by atoms with Crippen LogP contribution in [0, 0.1) is 0 Å². The van der Waals surface area contributed by atoms with Gasteiger partial charge in [-0.2, -0.15) is 0 Å². The van der Waals surface area contributed by atoms with Gasteiger partial charge in [0.25, 0.3) is 0 Å². The molecule has 5 heteroatoms. The van der Waals surface area contributed by atoms with Crippen LogP contribution in [0.2, 0.25) is 0 Å². The van der Waals surface area contributed by atoms with Crippen molar-refractivity contribution in [2.24, 2.45) is 0 Å². The summed E-state index contributed by atoms with van der Waals surface area (Å²) < 4.78 is 0. The molecular weight excluding hydrogens is 163 g/mol. The zero-order chi connectivity index (χ0) is 9.19. The van der Waals surface area contributed by atoms with E-state index in [1.165, 1.54) is 18.7 Å². The van der Waals surface area contributed by atoms with Gasteiger partial charge in [0.2, 0.25) is 0 Å². The molecule has 0 saturated carbocycles. The molecule has 0 atom stereocenters. The quantitative estimate of drug-likeness (QED) is 0.434. The van der Waals surface area contributed by atoms with E-state index in [9.17, 15) is 9.90 Å². The number of carboxylic acids is 1. The summed E-state index contributed by atoms with van der Waals surface area (Å²) in [5.74, 6) is -1.13. The minimum absolute atomic E-state index is 0. The van der Waals surface area contributed by atoms with E-state index in [-0.39, 0.29) is 18.9 Å². The Labute approximate surface area is 88.6 Å². The maximum Gasteiger partial charge on any atom is 1.00 e. The van der Waals surface area contributed by atoms with Gasteiger partial charge in [0.1, 0.15) is 6.33 Å². The fourth-order valence-electron chi connectivity index (χ4n) is 0.740. The second kappa shape index (κ2) is 4.40. The molecule has 0 aromatic carbocycles. The molecule has 1 heterocycles. The van der Waals surface area contributed by atoms with E-state index in [2.05, 4.69) is 9.97 Å². The molecule has 1 rings (SSSR count). The van der Waals surface area contributed by atoms with Crippen LogP contribution < -0.4 is 24.0 Å². The molecule has 0 aliphatic rings. The minimum Gasteiger partial charge on any atom is -0.549 e. The van der Waals surface area contributed by atoms with E-state index < -0.39 is 11.4 Å². The topological polar surface area (TPSA) is 65.9 Å². The SMILES string of the molecule is CC(C)(C(=O)[O-])c1cncnc1.[Li+]. The van der Waals surface area contributed by atoms with Crippen LogP contribution in [0.1, 0.15) is 19.4 Å². The van der Waals surface area contributed by atoms with Gasteiger partial charge in [0.15, 0.2) is 0 Å². The molecule has 0 aliphatic heterocycles. The van der Waals surface area contributed by atoms with Gasteiger partial charge in [-0.05, 0) is 0 Å². The summed E-state index contributed by atoms with van der Waals surface area (Å²) in [6, 6.07) is 0. The third-order valence-corrected chi connectivity index (χ3v) is 1.79. The Bertz CT molecular complexity index is 287. The summed E-state index contributed by atoms with van der Waals surface area (Å²) in [6.45, 7) is 3.11. The van der Waals surface area contributed by atoms with Crippen molar-refractivity contribution >= 4 is 5.97 Å². The molecule has 4 nitrogen and oxygen atoms in total. The molecule has 0 unspecified atom stereocenters. The van der Waals surface area contributed by atoms with Gasteiger partial charge < -0.3 is 9.90 Å². The molecule has 13 heavy (non-hydrogen) atoms. The zero-order valence-electron chi connectivity index (χ0n) is 7.94. The molecule has 64 valence electrons. The van der Waals surface area contributed by atoms with Gasteiger partial charge in [-0.15, -0.1) is 0 Å². The first-order valence-corrected chi connectivity index (χ1v) is 3.52. The molecule has 0 N–H and O–H groups in total. The minimum atomic E-state index is -1.13. The van der Waals surface area contributed by atoms with E-state index >= 15 is 0 Å². The summed E-state index contributed by atoms with van der Waals surface area (Å²) in [7, 11) is 0. The van der Waals surface area contributed by atoms with E-state index in [0.29, 0.717) is 5.56 Å². The molecule has 0 saturated heterocycles. The van der Waals surface area contributed by atoms with Crippen molar-refractivity contribution in [3.8, 4) is 0 Å².